The highest BCUT2D eigenvalue weighted by molar-refractivity contribution is 7.92. The third-order valence-electron chi connectivity index (χ3n) is 5.40. The summed E-state index contributed by atoms with van der Waals surface area (Å²) >= 11 is 0. The van der Waals surface area contributed by atoms with Crippen molar-refractivity contribution in [2.45, 2.75) is 29.7 Å². The summed E-state index contributed by atoms with van der Waals surface area (Å²) in [6.45, 7) is 3.38. The van der Waals surface area contributed by atoms with E-state index in [1.165, 1.54) is 12.1 Å². The fourth-order valence-corrected chi connectivity index (χ4v) is 6.55. The average Bonchev–Trinajstić information content (AvgIpc) is 3.40. The summed E-state index contributed by atoms with van der Waals surface area (Å²) in [5, 5.41) is 19.2. The van der Waals surface area contributed by atoms with Crippen molar-refractivity contribution in [3.8, 4) is 22.5 Å². The number of primary sulfonamides is 1. The van der Waals surface area contributed by atoms with E-state index in [4.69, 9.17) is 10.9 Å². The average molecular weight is 506 g/mol. The van der Waals surface area contributed by atoms with Crippen molar-refractivity contribution in [3.05, 3.63) is 36.2 Å². The quantitative estimate of drug-likeness (QED) is 0.266. The van der Waals surface area contributed by atoms with Gasteiger partial charge < -0.3 is 10.3 Å². The van der Waals surface area contributed by atoms with Gasteiger partial charge in [0.1, 0.15) is 15.6 Å². The van der Waals surface area contributed by atoms with E-state index in [2.05, 4.69) is 30.3 Å². The third kappa shape index (κ3) is 4.07. The lowest BCUT2D eigenvalue weighted by atomic mass is 9.98. The zero-order chi connectivity index (χ0) is 24.8. The number of nitrogens with zero attached hydrogens (tertiary/aromatic N) is 5. The standard InChI is InChI=1S/C19H23N9O4S2/c1-10(9-20)25-34(31,32)15-8-7-12(13-5-4-6-14-17(13)22-11(2)28(14)3)16(18(15)33(21,29)30)19-23-26-27-24-19/h4-8,10,25H,9,20H2,1-3H3,(H2,21,29,30)(H,23,24,26,27)/t10-/m1/s1. The molecule has 13 nitrogen and oxygen atoms in total. The first-order valence-corrected chi connectivity index (χ1v) is 13.1. The molecule has 4 aromatic rings. The van der Waals surface area contributed by atoms with Crippen molar-refractivity contribution in [1.82, 2.24) is 34.9 Å². The number of benzene rings is 2. The van der Waals surface area contributed by atoms with Crippen LogP contribution in [0.4, 0.5) is 0 Å². The number of tetrazole rings is 1. The molecule has 0 aliphatic heterocycles. The summed E-state index contributed by atoms with van der Waals surface area (Å²) in [6.07, 6.45) is 0. The van der Waals surface area contributed by atoms with Crippen molar-refractivity contribution in [2.75, 3.05) is 6.54 Å². The van der Waals surface area contributed by atoms with Crippen molar-refractivity contribution in [1.29, 1.82) is 0 Å². The van der Waals surface area contributed by atoms with E-state index in [-0.39, 0.29) is 17.9 Å². The lowest BCUT2D eigenvalue weighted by Crippen LogP contribution is -2.38. The Bertz CT molecular complexity index is 1590. The lowest BCUT2D eigenvalue weighted by Gasteiger charge is -2.18. The first-order valence-electron chi connectivity index (χ1n) is 10.0. The molecule has 0 fully saturated rings. The summed E-state index contributed by atoms with van der Waals surface area (Å²) in [6, 6.07) is 7.38. The Morgan fingerprint density at radius 2 is 1.88 bits per heavy atom. The highest BCUT2D eigenvalue weighted by Crippen LogP contribution is 2.40. The SMILES string of the molecule is Cc1nc2c(-c3ccc(S(=O)(=O)N[C@H](C)CN)c(S(N)(=O)=O)c3-c3nn[nH]n3)cccc2n1C. The maximum absolute atomic E-state index is 13.1. The fraction of sp³-hybridized carbons (Fsp3) is 0.263. The minimum atomic E-state index is -4.60. The second-order valence-corrected chi connectivity index (χ2v) is 10.9. The highest BCUT2D eigenvalue weighted by Gasteiger charge is 2.33. The second kappa shape index (κ2) is 8.52. The molecular formula is C19H23N9O4S2. The number of hydrogen-bond acceptors (Lipinski definition) is 9. The molecule has 1 atom stereocenters. The van der Waals surface area contributed by atoms with Gasteiger partial charge in [0.05, 0.1) is 16.6 Å². The molecule has 2 aromatic carbocycles. The number of para-hydroxylation sites is 1. The zero-order valence-corrected chi connectivity index (χ0v) is 20.1. The van der Waals surface area contributed by atoms with Crippen molar-refractivity contribution >= 4 is 31.1 Å². The van der Waals surface area contributed by atoms with Crippen LogP contribution in [0.1, 0.15) is 12.7 Å². The molecule has 0 aliphatic rings. The molecule has 2 aromatic heterocycles. The molecule has 0 saturated heterocycles. The van der Waals surface area contributed by atoms with Crippen LogP contribution in [0.2, 0.25) is 0 Å². The van der Waals surface area contributed by atoms with E-state index in [0.29, 0.717) is 16.6 Å². The van der Waals surface area contributed by atoms with E-state index in [1.54, 1.807) is 19.1 Å². The van der Waals surface area contributed by atoms with Crippen LogP contribution in [-0.2, 0) is 27.1 Å². The molecule has 34 heavy (non-hydrogen) atoms. The molecule has 0 amide bonds. The molecule has 0 radical (unpaired) electrons. The Balaban J connectivity index is 2.14. The van der Waals surface area contributed by atoms with Crippen LogP contribution < -0.4 is 15.6 Å². The topological polar surface area (TPSA) is 205 Å². The molecule has 180 valence electrons. The normalized spacial score (nSPS) is 13.4. The molecule has 15 heteroatoms. The first-order chi connectivity index (χ1) is 16.0. The molecule has 0 saturated carbocycles. The van der Waals surface area contributed by atoms with Gasteiger partial charge >= 0.3 is 0 Å². The van der Waals surface area contributed by atoms with Crippen molar-refractivity contribution in [3.63, 3.8) is 0 Å². The van der Waals surface area contributed by atoms with Gasteiger partial charge in [0.15, 0.2) is 0 Å². The Hall–Kier alpha value is -3.24. The van der Waals surface area contributed by atoms with Gasteiger partial charge in [-0.05, 0) is 36.8 Å². The smallest absolute Gasteiger partial charge is 0.242 e. The molecule has 0 unspecified atom stereocenters. The van der Waals surface area contributed by atoms with Crippen molar-refractivity contribution in [2.24, 2.45) is 17.9 Å². The molecule has 0 spiro atoms. The number of H-pyrrole nitrogens is 1. The van der Waals surface area contributed by atoms with E-state index in [0.717, 1.165) is 11.3 Å². The predicted molar refractivity (Wildman–Crippen MR) is 124 cm³/mol. The van der Waals surface area contributed by atoms with Gasteiger partial charge in [-0.2, -0.15) is 5.21 Å². The van der Waals surface area contributed by atoms with Crippen LogP contribution in [0, 0.1) is 6.92 Å². The minimum absolute atomic E-state index is 0.000740. The van der Waals surface area contributed by atoms with Gasteiger partial charge in [-0.25, -0.2) is 31.7 Å². The number of rotatable bonds is 7. The van der Waals surface area contributed by atoms with Crippen LogP contribution in [0.25, 0.3) is 33.5 Å². The van der Waals surface area contributed by atoms with Gasteiger partial charge in [-0.3, -0.25) is 0 Å². The van der Waals surface area contributed by atoms with Crippen LogP contribution in [0.5, 0.6) is 0 Å². The number of imidazole rings is 1. The number of hydrogen-bond donors (Lipinski definition) is 4. The van der Waals surface area contributed by atoms with E-state index in [1.807, 2.05) is 24.6 Å². The maximum atomic E-state index is 13.1. The first kappa shape index (κ1) is 23.9. The van der Waals surface area contributed by atoms with Crippen LogP contribution in [-0.4, -0.2) is 59.6 Å². The van der Waals surface area contributed by atoms with Crippen LogP contribution in [0.3, 0.4) is 0 Å². The van der Waals surface area contributed by atoms with E-state index in [9.17, 15) is 16.8 Å². The lowest BCUT2D eigenvalue weighted by molar-refractivity contribution is 0.557. The van der Waals surface area contributed by atoms with Crippen LogP contribution >= 0.6 is 0 Å². The zero-order valence-electron chi connectivity index (χ0n) is 18.5. The number of fused-ring (bicyclic) bond motifs is 1. The Kier molecular flexibility index (Phi) is 5.99. The van der Waals surface area contributed by atoms with E-state index >= 15 is 0 Å². The molecule has 4 rings (SSSR count). The Morgan fingerprint density at radius 1 is 1.15 bits per heavy atom. The maximum Gasteiger partial charge on any atom is 0.242 e. The van der Waals surface area contributed by atoms with E-state index < -0.39 is 35.9 Å². The van der Waals surface area contributed by atoms with Crippen LogP contribution in [0.15, 0.2) is 40.1 Å². The largest absolute Gasteiger partial charge is 0.331 e. The monoisotopic (exact) mass is 505 g/mol. The molecule has 0 aliphatic carbocycles. The predicted octanol–water partition coefficient (Wildman–Crippen LogP) is 0.00172. The van der Waals surface area contributed by atoms with Gasteiger partial charge in [-0.15, -0.1) is 10.2 Å². The number of nitrogens with one attached hydrogen (secondary N) is 2. The minimum Gasteiger partial charge on any atom is -0.331 e. The molecule has 2 heterocycles. The molecule has 6 N–H and O–H groups in total. The number of aromatic nitrogens is 6. The van der Waals surface area contributed by atoms with Gasteiger partial charge in [0.2, 0.25) is 25.9 Å². The summed E-state index contributed by atoms with van der Waals surface area (Å²) in [5.74, 6) is 0.585. The van der Waals surface area contributed by atoms with Crippen molar-refractivity contribution < 1.29 is 16.8 Å². The highest BCUT2D eigenvalue weighted by atomic mass is 32.2. The number of aryl methyl sites for hydroxylation is 2. The molecule has 0 bridgehead atoms. The molecular weight excluding hydrogens is 482 g/mol. The number of nitrogens with two attached hydrogens (primary N) is 2. The summed E-state index contributed by atoms with van der Waals surface area (Å²) < 4.78 is 56.2. The number of sulfonamides is 2. The second-order valence-electron chi connectivity index (χ2n) is 7.75. The summed E-state index contributed by atoms with van der Waals surface area (Å²) in [4.78, 5) is 3.39. The van der Waals surface area contributed by atoms with Gasteiger partial charge in [0.25, 0.3) is 0 Å². The summed E-state index contributed by atoms with van der Waals surface area (Å²) in [7, 11) is -7.09. The fourth-order valence-electron chi connectivity index (χ4n) is 3.70. The number of aromatic amines is 1. The summed E-state index contributed by atoms with van der Waals surface area (Å²) in [5.41, 5.74) is 7.66. The van der Waals surface area contributed by atoms with Gasteiger partial charge in [0, 0.05) is 25.2 Å². The Morgan fingerprint density at radius 3 is 2.50 bits per heavy atom. The Labute approximate surface area is 195 Å². The third-order valence-corrected chi connectivity index (χ3v) is 8.15. The van der Waals surface area contributed by atoms with Gasteiger partial charge in [-0.1, -0.05) is 18.2 Å².